The fourth-order valence-corrected chi connectivity index (χ4v) is 3.60. The first kappa shape index (κ1) is 22.1. The van der Waals surface area contributed by atoms with Gasteiger partial charge in [-0.3, -0.25) is 0 Å². The van der Waals surface area contributed by atoms with Crippen LogP contribution in [0.3, 0.4) is 0 Å². The van der Waals surface area contributed by atoms with Crippen LogP contribution in [0.5, 0.6) is 0 Å². The number of benzene rings is 2. The van der Waals surface area contributed by atoms with Crippen LogP contribution in [0.1, 0.15) is 85.8 Å². The largest absolute Gasteiger partial charge is 0.158 e. The second kappa shape index (κ2) is 12.3. The van der Waals surface area contributed by atoms with Gasteiger partial charge in [0.15, 0.2) is 0 Å². The van der Waals surface area contributed by atoms with Crippen LogP contribution >= 0.6 is 0 Å². The van der Waals surface area contributed by atoms with E-state index < -0.39 is 0 Å². The molecule has 0 aromatic heterocycles. The summed E-state index contributed by atoms with van der Waals surface area (Å²) in [6.45, 7) is 8.80. The molecule has 0 atom stereocenters. The minimum Gasteiger partial charge on any atom is -0.158 e. The Bertz CT molecular complexity index is 720. The van der Waals surface area contributed by atoms with E-state index >= 15 is 0 Å². The van der Waals surface area contributed by atoms with Gasteiger partial charge in [-0.1, -0.05) is 75.9 Å². The molecule has 0 saturated heterocycles. The summed E-state index contributed by atoms with van der Waals surface area (Å²) in [6, 6.07) is 13.0. The van der Waals surface area contributed by atoms with Crippen LogP contribution in [-0.2, 0) is 12.8 Å². The van der Waals surface area contributed by atoms with Gasteiger partial charge in [0, 0.05) is 11.1 Å². The molecule has 0 heterocycles. The maximum absolute atomic E-state index is 4.41. The summed E-state index contributed by atoms with van der Waals surface area (Å²) in [5.74, 6) is 0. The summed E-state index contributed by atoms with van der Waals surface area (Å²) in [6.07, 6.45) is 13.6. The molecule has 2 aromatic carbocycles. The van der Waals surface area contributed by atoms with E-state index in [1.165, 1.54) is 71.9 Å². The van der Waals surface area contributed by atoms with E-state index in [0.29, 0.717) is 0 Å². The summed E-state index contributed by atoms with van der Waals surface area (Å²) in [5, 5.41) is 8.82. The second-order valence-corrected chi connectivity index (χ2v) is 7.70. The molecule has 0 N–H and O–H groups in total. The summed E-state index contributed by atoms with van der Waals surface area (Å²) < 4.78 is 0. The van der Waals surface area contributed by atoms with Crippen molar-refractivity contribution in [2.24, 2.45) is 10.2 Å². The molecule has 2 nitrogen and oxygen atoms in total. The highest BCUT2D eigenvalue weighted by Crippen LogP contribution is 2.17. The highest BCUT2D eigenvalue weighted by Gasteiger charge is 2.04. The molecule has 0 amide bonds. The van der Waals surface area contributed by atoms with Crippen molar-refractivity contribution in [3.05, 3.63) is 69.8 Å². The summed E-state index contributed by atoms with van der Waals surface area (Å²) in [7, 11) is 0. The number of hydrogen-bond donors (Lipinski definition) is 0. The van der Waals surface area contributed by atoms with Crippen molar-refractivity contribution in [2.75, 3.05) is 0 Å². The van der Waals surface area contributed by atoms with Crippen LogP contribution in [-0.4, -0.2) is 12.4 Å². The lowest BCUT2D eigenvalue weighted by molar-refractivity contribution is 0.716. The van der Waals surface area contributed by atoms with Crippen molar-refractivity contribution in [2.45, 2.75) is 79.1 Å². The summed E-state index contributed by atoms with van der Waals surface area (Å²) in [4.78, 5) is 0. The predicted molar refractivity (Wildman–Crippen MR) is 124 cm³/mol. The fraction of sp³-hybridized carbons (Fsp3) is 0.462. The van der Waals surface area contributed by atoms with E-state index in [9.17, 15) is 0 Å². The molecule has 150 valence electrons. The Labute approximate surface area is 171 Å². The molecule has 0 spiro atoms. The zero-order valence-electron chi connectivity index (χ0n) is 18.2. The van der Waals surface area contributed by atoms with Crippen molar-refractivity contribution in [3.8, 4) is 0 Å². The van der Waals surface area contributed by atoms with Crippen molar-refractivity contribution in [3.63, 3.8) is 0 Å². The third-order valence-corrected chi connectivity index (χ3v) is 5.37. The normalized spacial score (nSPS) is 11.7. The minimum atomic E-state index is 1.11. The average Bonchev–Trinajstić information content (AvgIpc) is 2.68. The molecule has 0 aliphatic carbocycles. The molecule has 2 rings (SSSR count). The summed E-state index contributed by atoms with van der Waals surface area (Å²) in [5.41, 5.74) is 7.74. The van der Waals surface area contributed by atoms with Crippen LogP contribution in [0.15, 0.2) is 46.6 Å². The van der Waals surface area contributed by atoms with Crippen molar-refractivity contribution < 1.29 is 0 Å². The third kappa shape index (κ3) is 6.74. The molecule has 28 heavy (non-hydrogen) atoms. The molecule has 0 saturated carbocycles. The summed E-state index contributed by atoms with van der Waals surface area (Å²) >= 11 is 0. The fourth-order valence-electron chi connectivity index (χ4n) is 3.60. The quantitative estimate of drug-likeness (QED) is 0.225. The SMILES string of the molecule is CCCCCc1cccc(C)c1/C=N/N=C/c1c(C)cccc1CCCCC. The van der Waals surface area contributed by atoms with E-state index in [2.05, 4.69) is 74.3 Å². The lowest BCUT2D eigenvalue weighted by Gasteiger charge is -2.08. The Morgan fingerprint density at radius 2 is 1.07 bits per heavy atom. The maximum Gasteiger partial charge on any atom is 0.0573 e. The van der Waals surface area contributed by atoms with Gasteiger partial charge in [-0.2, -0.15) is 10.2 Å². The molecule has 0 aliphatic rings. The number of aryl methyl sites for hydroxylation is 4. The van der Waals surface area contributed by atoms with Crippen LogP contribution in [0, 0.1) is 13.8 Å². The van der Waals surface area contributed by atoms with Gasteiger partial charge in [0.1, 0.15) is 0 Å². The average molecular weight is 377 g/mol. The molecular weight excluding hydrogens is 340 g/mol. The molecule has 0 radical (unpaired) electrons. The maximum atomic E-state index is 4.41. The Balaban J connectivity index is 2.14. The number of nitrogens with zero attached hydrogens (tertiary/aromatic N) is 2. The number of hydrogen-bond acceptors (Lipinski definition) is 2. The first-order valence-electron chi connectivity index (χ1n) is 10.9. The topological polar surface area (TPSA) is 24.7 Å². The Kier molecular flexibility index (Phi) is 9.68. The van der Waals surface area contributed by atoms with Crippen molar-refractivity contribution >= 4 is 12.4 Å². The van der Waals surface area contributed by atoms with E-state index in [-0.39, 0.29) is 0 Å². The lowest BCUT2D eigenvalue weighted by Crippen LogP contribution is -1.98. The van der Waals surface area contributed by atoms with Gasteiger partial charge in [0.25, 0.3) is 0 Å². The molecule has 0 fully saturated rings. The van der Waals surface area contributed by atoms with Gasteiger partial charge < -0.3 is 0 Å². The molecular formula is C26H36N2. The molecule has 0 unspecified atom stereocenters. The first-order valence-corrected chi connectivity index (χ1v) is 10.9. The predicted octanol–water partition coefficient (Wildman–Crippen LogP) is 7.22. The van der Waals surface area contributed by atoms with E-state index in [1.807, 2.05) is 12.4 Å². The number of unbranched alkanes of at least 4 members (excludes halogenated alkanes) is 4. The van der Waals surface area contributed by atoms with Gasteiger partial charge in [-0.05, 0) is 61.8 Å². The molecule has 0 aliphatic heterocycles. The van der Waals surface area contributed by atoms with E-state index in [0.717, 1.165) is 12.8 Å². The zero-order chi connectivity index (χ0) is 20.2. The van der Waals surface area contributed by atoms with Crippen LogP contribution in [0.4, 0.5) is 0 Å². The Morgan fingerprint density at radius 1 is 0.643 bits per heavy atom. The third-order valence-electron chi connectivity index (χ3n) is 5.37. The standard InChI is InChI=1S/C26H36N2/c1-5-7-9-15-23-17-11-13-21(3)25(23)19-27-28-20-26-22(4)14-12-18-24(26)16-10-8-6-2/h11-14,17-20H,5-10,15-16H2,1-4H3/b27-19+,28-20+. The number of rotatable bonds is 11. The second-order valence-electron chi connectivity index (χ2n) is 7.70. The minimum absolute atomic E-state index is 1.11. The van der Waals surface area contributed by atoms with Gasteiger partial charge in [0.2, 0.25) is 0 Å². The highest BCUT2D eigenvalue weighted by atomic mass is 15.2. The van der Waals surface area contributed by atoms with E-state index in [1.54, 1.807) is 0 Å². The van der Waals surface area contributed by atoms with Crippen molar-refractivity contribution in [1.29, 1.82) is 0 Å². The van der Waals surface area contributed by atoms with Gasteiger partial charge >= 0.3 is 0 Å². The lowest BCUT2D eigenvalue weighted by atomic mass is 9.98. The smallest absolute Gasteiger partial charge is 0.0573 e. The Morgan fingerprint density at radius 3 is 1.46 bits per heavy atom. The van der Waals surface area contributed by atoms with Crippen LogP contribution in [0.2, 0.25) is 0 Å². The van der Waals surface area contributed by atoms with Crippen molar-refractivity contribution in [1.82, 2.24) is 0 Å². The monoisotopic (exact) mass is 376 g/mol. The molecule has 2 aromatic rings. The van der Waals surface area contributed by atoms with Gasteiger partial charge in [-0.25, -0.2) is 0 Å². The van der Waals surface area contributed by atoms with E-state index in [4.69, 9.17) is 0 Å². The Hall–Kier alpha value is -2.22. The molecule has 2 heteroatoms. The van der Waals surface area contributed by atoms with Crippen LogP contribution < -0.4 is 0 Å². The molecule has 0 bridgehead atoms. The highest BCUT2D eigenvalue weighted by molar-refractivity contribution is 5.86. The first-order chi connectivity index (χ1) is 13.7. The zero-order valence-corrected chi connectivity index (χ0v) is 18.2. The van der Waals surface area contributed by atoms with Gasteiger partial charge in [0.05, 0.1) is 12.4 Å². The van der Waals surface area contributed by atoms with Crippen LogP contribution in [0.25, 0.3) is 0 Å². The van der Waals surface area contributed by atoms with Gasteiger partial charge in [-0.15, -0.1) is 0 Å².